The summed E-state index contributed by atoms with van der Waals surface area (Å²) in [6, 6.07) is 7.52. The summed E-state index contributed by atoms with van der Waals surface area (Å²) >= 11 is 0. The quantitative estimate of drug-likeness (QED) is 0.805. The van der Waals surface area contributed by atoms with Gasteiger partial charge in [-0.05, 0) is 57.5 Å². The number of rotatable bonds is 7. The Labute approximate surface area is 142 Å². The van der Waals surface area contributed by atoms with Crippen molar-refractivity contribution in [2.45, 2.75) is 33.8 Å². The molecule has 0 aliphatic carbocycles. The number of carbonyl (C=O) groups excluding carboxylic acids is 1. The number of aromatic nitrogens is 3. The van der Waals surface area contributed by atoms with Gasteiger partial charge in [-0.25, -0.2) is 4.68 Å². The van der Waals surface area contributed by atoms with E-state index < -0.39 is 0 Å². The second-order valence-corrected chi connectivity index (χ2v) is 6.15. The summed E-state index contributed by atoms with van der Waals surface area (Å²) in [5.41, 5.74) is 7.39. The van der Waals surface area contributed by atoms with Crippen LogP contribution >= 0.6 is 0 Å². The number of nitrogens with two attached hydrogens (primary N) is 1. The van der Waals surface area contributed by atoms with Gasteiger partial charge in [-0.15, -0.1) is 5.10 Å². The number of nitrogens with one attached hydrogen (secondary N) is 1. The van der Waals surface area contributed by atoms with Crippen LogP contribution in [0.3, 0.4) is 0 Å². The van der Waals surface area contributed by atoms with Crippen LogP contribution in [-0.2, 0) is 0 Å². The zero-order valence-corrected chi connectivity index (χ0v) is 14.6. The third kappa shape index (κ3) is 4.32. The highest BCUT2D eigenvalue weighted by molar-refractivity contribution is 5.93. The molecule has 2 aromatic rings. The van der Waals surface area contributed by atoms with Crippen LogP contribution in [0.5, 0.6) is 5.75 Å². The standard InChI is InChI=1S/C17H25N5O2/c1-11(2)24-15-7-5-14(6-8-15)22-13(4)16(20-21-22)17(23)19-10-12(3)9-18/h5-8,11-12H,9-10,18H2,1-4H3,(H,19,23). The molecule has 130 valence electrons. The summed E-state index contributed by atoms with van der Waals surface area (Å²) in [5.74, 6) is 0.775. The Morgan fingerprint density at radius 3 is 2.54 bits per heavy atom. The van der Waals surface area contributed by atoms with Gasteiger partial charge in [0.05, 0.1) is 17.5 Å². The average Bonchev–Trinajstić information content (AvgIpc) is 2.94. The summed E-state index contributed by atoms with van der Waals surface area (Å²) in [4.78, 5) is 12.2. The molecule has 0 spiro atoms. The van der Waals surface area contributed by atoms with Crippen molar-refractivity contribution in [2.24, 2.45) is 11.7 Å². The predicted molar refractivity (Wildman–Crippen MR) is 92.4 cm³/mol. The van der Waals surface area contributed by atoms with Crippen molar-refractivity contribution in [3.63, 3.8) is 0 Å². The van der Waals surface area contributed by atoms with Crippen molar-refractivity contribution in [3.05, 3.63) is 35.7 Å². The third-order valence-corrected chi connectivity index (χ3v) is 3.58. The molecule has 0 saturated carbocycles. The summed E-state index contributed by atoms with van der Waals surface area (Å²) in [7, 11) is 0. The molecule has 1 aromatic carbocycles. The lowest BCUT2D eigenvalue weighted by atomic mass is 10.2. The third-order valence-electron chi connectivity index (χ3n) is 3.58. The maximum atomic E-state index is 12.2. The summed E-state index contributed by atoms with van der Waals surface area (Å²) in [5, 5.41) is 10.9. The van der Waals surface area contributed by atoms with E-state index in [4.69, 9.17) is 10.5 Å². The zero-order chi connectivity index (χ0) is 17.7. The number of hydrogen-bond acceptors (Lipinski definition) is 5. The van der Waals surface area contributed by atoms with E-state index in [9.17, 15) is 4.79 Å². The first-order chi connectivity index (χ1) is 11.4. The molecular formula is C17H25N5O2. The number of benzene rings is 1. The Bertz CT molecular complexity index is 679. The Kier molecular flexibility index (Phi) is 5.92. The highest BCUT2D eigenvalue weighted by Crippen LogP contribution is 2.18. The van der Waals surface area contributed by atoms with Gasteiger partial charge in [-0.1, -0.05) is 12.1 Å². The van der Waals surface area contributed by atoms with Crippen molar-refractivity contribution in [1.29, 1.82) is 0 Å². The van der Waals surface area contributed by atoms with Gasteiger partial charge in [0.15, 0.2) is 5.69 Å². The van der Waals surface area contributed by atoms with Crippen LogP contribution in [0.4, 0.5) is 0 Å². The monoisotopic (exact) mass is 331 g/mol. The molecule has 0 aliphatic heterocycles. The van der Waals surface area contributed by atoms with Crippen molar-refractivity contribution in [2.75, 3.05) is 13.1 Å². The molecule has 1 unspecified atom stereocenters. The second-order valence-electron chi connectivity index (χ2n) is 6.15. The molecule has 0 saturated heterocycles. The van der Waals surface area contributed by atoms with E-state index in [-0.39, 0.29) is 17.9 Å². The molecular weight excluding hydrogens is 306 g/mol. The number of amides is 1. The topological polar surface area (TPSA) is 95.1 Å². The zero-order valence-electron chi connectivity index (χ0n) is 14.6. The van der Waals surface area contributed by atoms with E-state index in [1.807, 2.05) is 52.0 Å². The van der Waals surface area contributed by atoms with Crippen molar-refractivity contribution in [1.82, 2.24) is 20.3 Å². The minimum Gasteiger partial charge on any atom is -0.491 e. The second kappa shape index (κ2) is 7.92. The fourth-order valence-electron chi connectivity index (χ4n) is 2.16. The molecule has 3 N–H and O–H groups in total. The van der Waals surface area contributed by atoms with Gasteiger partial charge in [-0.2, -0.15) is 0 Å². The molecule has 1 heterocycles. The van der Waals surface area contributed by atoms with E-state index in [0.717, 1.165) is 11.4 Å². The van der Waals surface area contributed by atoms with Crippen LogP contribution in [0, 0.1) is 12.8 Å². The lowest BCUT2D eigenvalue weighted by Gasteiger charge is -2.11. The fourth-order valence-corrected chi connectivity index (χ4v) is 2.16. The van der Waals surface area contributed by atoms with Crippen LogP contribution < -0.4 is 15.8 Å². The molecule has 0 fully saturated rings. The smallest absolute Gasteiger partial charge is 0.273 e. The Balaban J connectivity index is 2.13. The highest BCUT2D eigenvalue weighted by atomic mass is 16.5. The van der Waals surface area contributed by atoms with Crippen LogP contribution in [0.15, 0.2) is 24.3 Å². The maximum absolute atomic E-state index is 12.2. The largest absolute Gasteiger partial charge is 0.491 e. The lowest BCUT2D eigenvalue weighted by Crippen LogP contribution is -2.31. The first kappa shape index (κ1) is 17.9. The van der Waals surface area contributed by atoms with Crippen molar-refractivity contribution < 1.29 is 9.53 Å². The molecule has 1 atom stereocenters. The van der Waals surface area contributed by atoms with Crippen LogP contribution in [-0.4, -0.2) is 40.1 Å². The molecule has 24 heavy (non-hydrogen) atoms. The highest BCUT2D eigenvalue weighted by Gasteiger charge is 2.17. The Morgan fingerprint density at radius 1 is 1.29 bits per heavy atom. The maximum Gasteiger partial charge on any atom is 0.273 e. The number of nitrogens with zero attached hydrogens (tertiary/aromatic N) is 3. The first-order valence-corrected chi connectivity index (χ1v) is 8.10. The van der Waals surface area contributed by atoms with Gasteiger partial charge >= 0.3 is 0 Å². The number of ether oxygens (including phenoxy) is 1. The molecule has 7 heteroatoms. The average molecular weight is 331 g/mol. The van der Waals surface area contributed by atoms with Gasteiger partial charge in [0.2, 0.25) is 0 Å². The van der Waals surface area contributed by atoms with Gasteiger partial charge in [0.1, 0.15) is 5.75 Å². The first-order valence-electron chi connectivity index (χ1n) is 8.10. The lowest BCUT2D eigenvalue weighted by molar-refractivity contribution is 0.0943. The van der Waals surface area contributed by atoms with Gasteiger partial charge in [0.25, 0.3) is 5.91 Å². The molecule has 1 aromatic heterocycles. The molecule has 7 nitrogen and oxygen atoms in total. The van der Waals surface area contributed by atoms with Crippen molar-refractivity contribution in [3.8, 4) is 11.4 Å². The number of hydrogen-bond donors (Lipinski definition) is 2. The molecule has 1 amide bonds. The Hall–Kier alpha value is -2.41. The van der Waals surface area contributed by atoms with E-state index in [0.29, 0.717) is 24.5 Å². The summed E-state index contributed by atoms with van der Waals surface area (Å²) in [6.07, 6.45) is 0.121. The fraction of sp³-hybridized carbons (Fsp3) is 0.471. The van der Waals surface area contributed by atoms with E-state index in [1.54, 1.807) is 4.68 Å². The van der Waals surface area contributed by atoms with Crippen molar-refractivity contribution >= 4 is 5.91 Å². The van der Waals surface area contributed by atoms with E-state index in [2.05, 4.69) is 15.6 Å². The van der Waals surface area contributed by atoms with E-state index >= 15 is 0 Å². The number of carbonyl (C=O) groups is 1. The molecule has 0 aliphatic rings. The summed E-state index contributed by atoms with van der Waals surface area (Å²) in [6.45, 7) is 8.79. The molecule has 0 radical (unpaired) electrons. The van der Waals surface area contributed by atoms with Gasteiger partial charge < -0.3 is 15.8 Å². The van der Waals surface area contributed by atoms with Crippen LogP contribution in [0.2, 0.25) is 0 Å². The van der Waals surface area contributed by atoms with Crippen LogP contribution in [0.1, 0.15) is 37.0 Å². The van der Waals surface area contributed by atoms with Gasteiger partial charge in [0, 0.05) is 6.54 Å². The SMILES string of the molecule is Cc1c(C(=O)NCC(C)CN)nnn1-c1ccc(OC(C)C)cc1. The minimum absolute atomic E-state index is 0.121. The summed E-state index contributed by atoms with van der Waals surface area (Å²) < 4.78 is 7.26. The van der Waals surface area contributed by atoms with E-state index in [1.165, 1.54) is 0 Å². The minimum atomic E-state index is -0.237. The molecule has 2 rings (SSSR count). The normalized spacial score (nSPS) is 12.2. The molecule has 0 bridgehead atoms. The van der Waals surface area contributed by atoms with Crippen LogP contribution in [0.25, 0.3) is 5.69 Å². The van der Waals surface area contributed by atoms with Gasteiger partial charge in [-0.3, -0.25) is 4.79 Å². The predicted octanol–water partition coefficient (Wildman–Crippen LogP) is 1.69. The Morgan fingerprint density at radius 2 is 1.96 bits per heavy atom.